The van der Waals surface area contributed by atoms with Gasteiger partial charge in [0, 0.05) is 26.9 Å². The first-order chi connectivity index (χ1) is 15.1. The fourth-order valence-corrected chi connectivity index (χ4v) is 5.72. The number of nitro groups is 1. The van der Waals surface area contributed by atoms with Crippen LogP contribution in [0.15, 0.2) is 53.4 Å². The molecule has 0 saturated carbocycles. The molecule has 4 aromatic rings. The molecule has 0 saturated heterocycles. The number of nitrogens with zero attached hydrogens (tertiary/aromatic N) is 3. The Bertz CT molecular complexity index is 1270. The minimum atomic E-state index is -0.426. The molecule has 0 fully saturated rings. The number of ether oxygens (including phenoxy) is 1. The van der Waals surface area contributed by atoms with Gasteiger partial charge < -0.3 is 4.74 Å². The molecule has 31 heavy (non-hydrogen) atoms. The summed E-state index contributed by atoms with van der Waals surface area (Å²) in [6, 6.07) is 13.7. The highest BCUT2D eigenvalue weighted by atomic mass is 35.5. The molecule has 2 aromatic carbocycles. The fourth-order valence-electron chi connectivity index (χ4n) is 3.57. The summed E-state index contributed by atoms with van der Waals surface area (Å²) in [7, 11) is 0. The molecule has 0 amide bonds. The molecule has 0 unspecified atom stereocenters. The van der Waals surface area contributed by atoms with Crippen molar-refractivity contribution in [3.05, 3.63) is 79.9 Å². The van der Waals surface area contributed by atoms with Crippen LogP contribution in [-0.4, -0.2) is 14.9 Å². The zero-order chi connectivity index (χ0) is 21.4. The summed E-state index contributed by atoms with van der Waals surface area (Å²) in [6.45, 7) is 0. The van der Waals surface area contributed by atoms with Crippen molar-refractivity contribution in [1.29, 1.82) is 0 Å². The average molecular weight is 470 g/mol. The summed E-state index contributed by atoms with van der Waals surface area (Å²) in [5, 5.41) is 12.6. The van der Waals surface area contributed by atoms with Crippen LogP contribution in [0.2, 0.25) is 5.02 Å². The van der Waals surface area contributed by atoms with Gasteiger partial charge in [0.25, 0.3) is 5.69 Å². The van der Waals surface area contributed by atoms with Crippen molar-refractivity contribution in [1.82, 2.24) is 9.97 Å². The average Bonchev–Trinajstić information content (AvgIpc) is 3.35. The number of halogens is 1. The molecule has 0 bridgehead atoms. The number of benzene rings is 2. The highest BCUT2D eigenvalue weighted by Gasteiger charge is 2.23. The molecule has 156 valence electrons. The van der Waals surface area contributed by atoms with Crippen LogP contribution in [0.25, 0.3) is 10.2 Å². The van der Waals surface area contributed by atoms with E-state index in [1.54, 1.807) is 35.2 Å². The minimum Gasteiger partial charge on any atom is -0.438 e. The largest absolute Gasteiger partial charge is 0.438 e. The molecule has 0 radical (unpaired) electrons. The summed E-state index contributed by atoms with van der Waals surface area (Å²) in [6.07, 6.45) is 3.18. The summed E-state index contributed by atoms with van der Waals surface area (Å²) >= 11 is 9.31. The molecule has 2 heterocycles. The lowest BCUT2D eigenvalue weighted by atomic mass is 10.2. The van der Waals surface area contributed by atoms with Crippen molar-refractivity contribution in [2.45, 2.75) is 29.9 Å². The number of fused-ring (bicyclic) bond motifs is 3. The van der Waals surface area contributed by atoms with Crippen LogP contribution in [0.4, 0.5) is 5.69 Å². The first kappa shape index (κ1) is 20.2. The maximum absolute atomic E-state index is 10.9. The number of non-ortho nitro benzene ring substituents is 1. The van der Waals surface area contributed by atoms with Gasteiger partial charge in [-0.15, -0.1) is 23.1 Å². The van der Waals surface area contributed by atoms with Crippen molar-refractivity contribution in [2.75, 3.05) is 0 Å². The van der Waals surface area contributed by atoms with Gasteiger partial charge in [-0.1, -0.05) is 11.6 Å². The van der Waals surface area contributed by atoms with Crippen molar-refractivity contribution < 1.29 is 9.66 Å². The van der Waals surface area contributed by atoms with Gasteiger partial charge in [-0.3, -0.25) is 10.1 Å². The van der Waals surface area contributed by atoms with Crippen LogP contribution < -0.4 is 4.74 Å². The molecular weight excluding hydrogens is 454 g/mol. The smallest absolute Gasteiger partial charge is 0.269 e. The Balaban J connectivity index is 1.48. The van der Waals surface area contributed by atoms with Crippen molar-refractivity contribution in [3.63, 3.8) is 0 Å². The second-order valence-electron chi connectivity index (χ2n) is 7.08. The SMILES string of the molecule is O=[N+]([O-])c1ccc(Oc2nc(CSc3ccc(Cl)cc3)nc3sc4c(c23)CCC4)cc1. The third-order valence-corrected chi connectivity index (χ3v) is 7.47. The lowest BCUT2D eigenvalue weighted by Crippen LogP contribution is -1.98. The lowest BCUT2D eigenvalue weighted by molar-refractivity contribution is -0.384. The maximum Gasteiger partial charge on any atom is 0.269 e. The van der Waals surface area contributed by atoms with Crippen LogP contribution in [0.1, 0.15) is 22.7 Å². The predicted molar refractivity (Wildman–Crippen MR) is 124 cm³/mol. The molecule has 9 heteroatoms. The Morgan fingerprint density at radius 3 is 2.61 bits per heavy atom. The molecule has 0 spiro atoms. The van der Waals surface area contributed by atoms with E-state index in [0.29, 0.717) is 28.2 Å². The van der Waals surface area contributed by atoms with Gasteiger partial charge in [0.15, 0.2) is 0 Å². The molecule has 0 aliphatic heterocycles. The first-order valence-corrected chi connectivity index (χ1v) is 11.9. The summed E-state index contributed by atoms with van der Waals surface area (Å²) < 4.78 is 6.12. The molecule has 0 atom stereocenters. The quantitative estimate of drug-likeness (QED) is 0.175. The molecule has 1 aliphatic rings. The van der Waals surface area contributed by atoms with Crippen LogP contribution in [0, 0.1) is 10.1 Å². The van der Waals surface area contributed by atoms with Gasteiger partial charge in [-0.25, -0.2) is 4.98 Å². The Hall–Kier alpha value is -2.68. The standard InChI is InChI=1S/C22H16ClN3O3S2/c23-13-4-10-16(11-5-13)30-12-19-24-21(29-15-8-6-14(7-9-15)26(27)28)20-17-2-1-3-18(17)31-22(20)25-19/h4-11H,1-3,12H2. The maximum atomic E-state index is 10.9. The second-order valence-corrected chi connectivity index (χ2v) is 9.65. The Morgan fingerprint density at radius 2 is 1.87 bits per heavy atom. The van der Waals surface area contributed by atoms with Gasteiger partial charge in [0.05, 0.1) is 16.1 Å². The third kappa shape index (κ3) is 4.23. The van der Waals surface area contributed by atoms with E-state index >= 15 is 0 Å². The van der Waals surface area contributed by atoms with E-state index in [9.17, 15) is 10.1 Å². The summed E-state index contributed by atoms with van der Waals surface area (Å²) in [5.41, 5.74) is 1.30. The van der Waals surface area contributed by atoms with Crippen LogP contribution in [0.5, 0.6) is 11.6 Å². The number of thiophene rings is 1. The number of aryl methyl sites for hydroxylation is 2. The van der Waals surface area contributed by atoms with E-state index in [2.05, 4.69) is 0 Å². The molecule has 0 N–H and O–H groups in total. The van der Waals surface area contributed by atoms with Gasteiger partial charge in [0.2, 0.25) is 5.88 Å². The predicted octanol–water partition coefficient (Wildman–Crippen LogP) is 6.83. The minimum absolute atomic E-state index is 0.0247. The number of hydrogen-bond donors (Lipinski definition) is 0. The van der Waals surface area contributed by atoms with Crippen molar-refractivity contribution in [3.8, 4) is 11.6 Å². The second kappa shape index (κ2) is 8.45. The zero-order valence-electron chi connectivity index (χ0n) is 16.2. The fraction of sp³-hybridized carbons (Fsp3) is 0.182. The van der Waals surface area contributed by atoms with E-state index in [0.717, 1.165) is 34.4 Å². The van der Waals surface area contributed by atoms with Gasteiger partial charge in [-0.2, -0.15) is 4.98 Å². The van der Waals surface area contributed by atoms with Crippen LogP contribution in [-0.2, 0) is 18.6 Å². The number of thioether (sulfide) groups is 1. The molecule has 6 nitrogen and oxygen atoms in total. The normalized spacial score (nSPS) is 12.8. The highest BCUT2D eigenvalue weighted by Crippen LogP contribution is 2.42. The molecule has 5 rings (SSSR count). The molecular formula is C22H16ClN3O3S2. The van der Waals surface area contributed by atoms with E-state index in [1.807, 2.05) is 24.3 Å². The number of hydrogen-bond acceptors (Lipinski definition) is 7. The summed E-state index contributed by atoms with van der Waals surface area (Å²) in [5.74, 6) is 2.31. The number of rotatable bonds is 6. The van der Waals surface area contributed by atoms with Crippen LogP contribution >= 0.6 is 34.7 Å². The van der Waals surface area contributed by atoms with E-state index < -0.39 is 4.92 Å². The van der Waals surface area contributed by atoms with Gasteiger partial charge >= 0.3 is 0 Å². The van der Waals surface area contributed by atoms with Crippen LogP contribution in [0.3, 0.4) is 0 Å². The van der Waals surface area contributed by atoms with Gasteiger partial charge in [0.1, 0.15) is 16.4 Å². The third-order valence-electron chi connectivity index (χ3n) is 5.02. The zero-order valence-corrected chi connectivity index (χ0v) is 18.6. The molecule has 1 aliphatic carbocycles. The number of aromatic nitrogens is 2. The Labute approximate surface area is 191 Å². The Kier molecular flexibility index (Phi) is 5.52. The topological polar surface area (TPSA) is 78.2 Å². The van der Waals surface area contributed by atoms with E-state index in [-0.39, 0.29) is 5.69 Å². The monoisotopic (exact) mass is 469 g/mol. The van der Waals surface area contributed by atoms with E-state index in [1.165, 1.54) is 22.6 Å². The lowest BCUT2D eigenvalue weighted by Gasteiger charge is -2.09. The summed E-state index contributed by atoms with van der Waals surface area (Å²) in [4.78, 5) is 23.4. The first-order valence-electron chi connectivity index (χ1n) is 9.68. The van der Waals surface area contributed by atoms with E-state index in [4.69, 9.17) is 26.3 Å². The van der Waals surface area contributed by atoms with Crippen molar-refractivity contribution >= 4 is 50.6 Å². The van der Waals surface area contributed by atoms with Gasteiger partial charge in [-0.05, 0) is 61.2 Å². The number of nitro benzene ring substituents is 1. The molecule has 2 aromatic heterocycles. The van der Waals surface area contributed by atoms with Crippen molar-refractivity contribution in [2.24, 2.45) is 0 Å². The Morgan fingerprint density at radius 1 is 1.10 bits per heavy atom. The highest BCUT2D eigenvalue weighted by molar-refractivity contribution is 7.98.